The molecule has 10 N–H and O–H groups in total. The number of rotatable bonds is 33. The number of carbonyl (C=O) groups excluding carboxylic acids is 9. The fraction of sp³-hybridized carbons (Fsp3) is 0.671. The van der Waals surface area contributed by atoms with Gasteiger partial charge in [-0.1, -0.05) is 190 Å². The van der Waals surface area contributed by atoms with Gasteiger partial charge >= 0.3 is 0 Å². The number of primary amides is 1. The van der Waals surface area contributed by atoms with Crippen molar-refractivity contribution in [2.24, 2.45) is 17.6 Å². The summed E-state index contributed by atoms with van der Waals surface area (Å²) in [5, 5.41) is 28.9. The van der Waals surface area contributed by atoms with Gasteiger partial charge in [0.1, 0.15) is 29.4 Å². The average molecular weight is 1290 g/mol. The summed E-state index contributed by atoms with van der Waals surface area (Å²) in [5.74, 6) is -6.90. The summed E-state index contributed by atoms with van der Waals surface area (Å²) in [7, 11) is 0. The number of hydrogen-bond donors (Lipinski definition) is 9. The van der Waals surface area contributed by atoms with Crippen LogP contribution in [-0.4, -0.2) is 129 Å². The van der Waals surface area contributed by atoms with E-state index in [0.717, 1.165) is 51.4 Å². The predicted molar refractivity (Wildman–Crippen MR) is 363 cm³/mol. The first-order chi connectivity index (χ1) is 45.1. The van der Waals surface area contributed by atoms with Gasteiger partial charge in [-0.15, -0.1) is 0 Å². The fourth-order valence-electron chi connectivity index (χ4n) is 13.3. The van der Waals surface area contributed by atoms with Crippen LogP contribution in [0.15, 0.2) is 73.2 Å². The highest BCUT2D eigenvalue weighted by atomic mass is 16.3. The lowest BCUT2D eigenvalue weighted by Crippen LogP contribution is -2.65. The first-order valence-electron chi connectivity index (χ1n) is 35.7. The van der Waals surface area contributed by atoms with Crippen LogP contribution < -0.4 is 37.6 Å². The molecular weight excluding hydrogens is 1180 g/mol. The third kappa shape index (κ3) is 27.5. The van der Waals surface area contributed by atoms with E-state index in [1.54, 1.807) is 0 Å². The van der Waals surface area contributed by atoms with Crippen LogP contribution in [0.1, 0.15) is 255 Å². The van der Waals surface area contributed by atoms with Crippen LogP contribution >= 0.6 is 0 Å². The number of aliphatic hydroxyl groups excluding tert-OH is 1. The molecule has 3 aromatic rings. The number of amides is 8. The average Bonchev–Trinajstić information content (AvgIpc) is 1.76. The third-order valence-corrected chi connectivity index (χ3v) is 18.9. The summed E-state index contributed by atoms with van der Waals surface area (Å²) < 4.78 is 0. The van der Waals surface area contributed by atoms with Gasteiger partial charge in [-0.05, 0) is 88.2 Å². The maximum atomic E-state index is 15.8. The van der Waals surface area contributed by atoms with Crippen LogP contribution in [0.4, 0.5) is 0 Å². The maximum Gasteiger partial charge on any atom is 0.246 e. The molecular formula is C73H114N10O10. The molecule has 93 heavy (non-hydrogen) atoms. The molecule has 0 aliphatic carbocycles. The summed E-state index contributed by atoms with van der Waals surface area (Å²) in [4.78, 5) is 136. The van der Waals surface area contributed by atoms with E-state index in [4.69, 9.17) is 5.73 Å². The zero-order valence-electron chi connectivity index (χ0n) is 56.4. The van der Waals surface area contributed by atoms with Crippen molar-refractivity contribution in [2.45, 2.75) is 275 Å². The Morgan fingerprint density at radius 3 is 1.78 bits per heavy atom. The molecule has 20 nitrogen and oxygen atoms in total. The van der Waals surface area contributed by atoms with Crippen LogP contribution in [0.2, 0.25) is 0 Å². The van der Waals surface area contributed by atoms with Gasteiger partial charge in [0.25, 0.3) is 0 Å². The van der Waals surface area contributed by atoms with Crippen LogP contribution in [-0.2, 0) is 49.6 Å². The number of Topliss-reactive ketones (excluding diaryl/α,β-unsaturated/α-hetero) is 1. The molecule has 2 aliphatic rings. The van der Waals surface area contributed by atoms with E-state index in [2.05, 4.69) is 48.8 Å². The number of ketones is 1. The second-order valence-corrected chi connectivity index (χ2v) is 26.2. The maximum absolute atomic E-state index is 15.8. The Labute approximate surface area is 554 Å². The molecule has 516 valence electrons. The third-order valence-electron chi connectivity index (χ3n) is 18.9. The summed E-state index contributed by atoms with van der Waals surface area (Å²) in [6, 6.07) is 14.4. The van der Waals surface area contributed by atoms with Gasteiger partial charge in [-0.25, -0.2) is 4.98 Å². The number of carbonyl (C=O) groups is 9. The van der Waals surface area contributed by atoms with Crippen molar-refractivity contribution in [3.8, 4) is 0 Å². The number of nitrogens with one attached hydrogen (secondary N) is 7. The zero-order valence-corrected chi connectivity index (χ0v) is 56.4. The molecule has 0 bridgehead atoms. The van der Waals surface area contributed by atoms with Crippen molar-refractivity contribution in [3.05, 3.63) is 90.0 Å². The van der Waals surface area contributed by atoms with Crippen molar-refractivity contribution < 1.29 is 48.3 Å². The number of benzene rings is 2. The molecule has 7 atom stereocenters. The Bertz CT molecular complexity index is 2660. The van der Waals surface area contributed by atoms with Gasteiger partial charge in [-0.3, -0.25) is 43.2 Å². The van der Waals surface area contributed by atoms with E-state index in [9.17, 15) is 33.9 Å². The quantitative estimate of drug-likeness (QED) is 0.0259. The fourth-order valence-corrected chi connectivity index (χ4v) is 13.3. The Balaban J connectivity index is 1.29. The molecule has 2 fully saturated rings. The smallest absolute Gasteiger partial charge is 0.246 e. The van der Waals surface area contributed by atoms with Crippen molar-refractivity contribution in [1.82, 2.24) is 46.8 Å². The van der Waals surface area contributed by atoms with E-state index in [-0.39, 0.29) is 75.0 Å². The molecule has 8 amide bonds. The van der Waals surface area contributed by atoms with Crippen molar-refractivity contribution in [3.63, 3.8) is 0 Å². The van der Waals surface area contributed by atoms with Gasteiger partial charge in [0.15, 0.2) is 0 Å². The highest BCUT2D eigenvalue weighted by molar-refractivity contribution is 5.98. The van der Waals surface area contributed by atoms with Gasteiger partial charge in [0, 0.05) is 82.5 Å². The van der Waals surface area contributed by atoms with E-state index in [1.807, 2.05) is 67.6 Å². The van der Waals surface area contributed by atoms with E-state index < -0.39 is 77.1 Å². The number of imidazole rings is 1. The first kappa shape index (κ1) is 76.7. The number of unbranched alkanes of at least 4 members (excludes halogenated alkanes) is 15. The highest BCUT2D eigenvalue weighted by Crippen LogP contribution is 2.34. The zero-order chi connectivity index (χ0) is 67.1. The molecule has 5 rings (SSSR count). The van der Waals surface area contributed by atoms with Crippen LogP contribution in [0.3, 0.4) is 0 Å². The number of aromatic nitrogens is 2. The van der Waals surface area contributed by atoms with E-state index in [1.165, 1.54) is 95.0 Å². The van der Waals surface area contributed by atoms with Gasteiger partial charge < -0.3 is 52.6 Å². The van der Waals surface area contributed by atoms with E-state index in [0.29, 0.717) is 87.8 Å². The minimum atomic E-state index is -1.76. The Morgan fingerprint density at radius 1 is 0.667 bits per heavy atom. The normalized spacial score (nSPS) is 21.6. The van der Waals surface area contributed by atoms with Gasteiger partial charge in [-0.2, -0.15) is 0 Å². The minimum Gasteiger partial charge on any atom is -0.393 e. The largest absolute Gasteiger partial charge is 0.393 e. The molecule has 1 aromatic heterocycles. The highest BCUT2D eigenvalue weighted by Gasteiger charge is 2.49. The standard InChI is InChI=1S/C73H114N10O10/c1-4-6-7-8-9-10-11-12-13-14-15-19-29-42-63(86)76-45-33-23-30-43-64(87)77-47-34-31-44-73(72(74)93)57(5-2)49-65(88)78-46-32-20-17-16-18-28-40-59(85)51-60(54(3)84)68(89)80-61(50-58-52-75-53-79-58)69(90)81-67(71(92)83-48-35-41-62(83)70(91)82-73)66(55-36-24-21-25-37-55)56-38-26-22-27-39-56/h21-22,24-27,36-39,52-54,57,60-62,66-67,84H,4-20,23,28-35,40-51H2,1-3H3,(H2,74,93)(H,75,79)(H,76,86)(H,77,87)(H,78,88)(H,80,89)(H,81,90)(H,82,91)/t54-,57?,60+,61+,62+,67?,73?/m1/s1. The van der Waals surface area contributed by atoms with Crippen molar-refractivity contribution >= 4 is 53.0 Å². The van der Waals surface area contributed by atoms with E-state index >= 15 is 14.4 Å². The molecule has 0 spiro atoms. The second kappa shape index (κ2) is 43.8. The lowest BCUT2D eigenvalue weighted by molar-refractivity contribution is -0.144. The lowest BCUT2D eigenvalue weighted by Gasteiger charge is -2.40. The number of nitrogens with two attached hydrogens (primary N) is 1. The molecule has 0 radical (unpaired) electrons. The molecule has 2 saturated heterocycles. The Morgan fingerprint density at radius 2 is 1.23 bits per heavy atom. The van der Waals surface area contributed by atoms with Crippen molar-refractivity contribution in [2.75, 3.05) is 26.2 Å². The molecule has 0 saturated carbocycles. The monoisotopic (exact) mass is 1290 g/mol. The number of fused-ring (bicyclic) bond motifs is 1. The minimum absolute atomic E-state index is 0.0369. The molecule has 3 heterocycles. The predicted octanol–water partition coefficient (Wildman–Crippen LogP) is 9.76. The molecule has 2 aliphatic heterocycles. The first-order valence-corrected chi connectivity index (χ1v) is 35.7. The number of H-pyrrole nitrogens is 1. The molecule has 3 unspecified atom stereocenters. The van der Waals surface area contributed by atoms with Crippen molar-refractivity contribution in [1.29, 1.82) is 0 Å². The Kier molecular flexibility index (Phi) is 36.2. The Hall–Kier alpha value is -6.96. The van der Waals surface area contributed by atoms with Crippen LogP contribution in [0.5, 0.6) is 0 Å². The second-order valence-electron chi connectivity index (χ2n) is 26.2. The van der Waals surface area contributed by atoms with Crippen LogP contribution in [0, 0.1) is 11.8 Å². The van der Waals surface area contributed by atoms with Gasteiger partial charge in [0.2, 0.25) is 47.3 Å². The number of aliphatic hydroxyl groups is 1. The number of hydrogen-bond acceptors (Lipinski definition) is 11. The molecule has 20 heteroatoms. The topological polar surface area (TPSA) is 304 Å². The molecule has 2 aromatic carbocycles. The summed E-state index contributed by atoms with van der Waals surface area (Å²) in [5.41, 5.74) is 6.50. The van der Waals surface area contributed by atoms with Crippen LogP contribution in [0.25, 0.3) is 0 Å². The SMILES string of the molecule is CCCCCCCCCCCCCCCC(=O)NCCCCCC(=O)NCCCCC1(C(N)=O)NC(=O)[C@@H]2CCCN2C(=O)C(C(c2ccccc2)c2ccccc2)NC(=O)[C@H](Cc2cnc[nH]2)NC(=O)[C@H]([C@@H](C)O)CC(=O)CCCCCCCCNC(=O)CC1CC. The number of aromatic amines is 1. The summed E-state index contributed by atoms with van der Waals surface area (Å²) >= 11 is 0. The van der Waals surface area contributed by atoms with Gasteiger partial charge in [0.05, 0.1) is 18.3 Å². The lowest BCUT2D eigenvalue weighted by atomic mass is 9.75. The summed E-state index contributed by atoms with van der Waals surface area (Å²) in [6.45, 7) is 6.88. The number of nitrogens with zero attached hydrogens (tertiary/aromatic N) is 2. The summed E-state index contributed by atoms with van der Waals surface area (Å²) in [6.07, 6.45) is 27.1.